The zero-order valence-electron chi connectivity index (χ0n) is 8.86. The van der Waals surface area contributed by atoms with Gasteiger partial charge in [0.05, 0.1) is 0 Å². The van der Waals surface area contributed by atoms with Gasteiger partial charge in [-0.15, -0.1) is 0 Å². The summed E-state index contributed by atoms with van der Waals surface area (Å²) >= 11 is 0. The molecule has 1 saturated heterocycles. The van der Waals surface area contributed by atoms with Gasteiger partial charge in [0, 0.05) is 12.8 Å². The van der Waals surface area contributed by atoms with E-state index < -0.39 is 12.0 Å². The van der Waals surface area contributed by atoms with Gasteiger partial charge in [-0.3, -0.25) is 19.2 Å². The normalized spacial score (nSPS) is 21.3. The smallest absolute Gasteiger partial charge is 0.303 e. The van der Waals surface area contributed by atoms with Gasteiger partial charge in [-0.2, -0.15) is 0 Å². The third kappa shape index (κ3) is 3.85. The van der Waals surface area contributed by atoms with Crippen molar-refractivity contribution in [3.8, 4) is 0 Å². The molecule has 3 N–H and O–H groups in total. The number of carbonyl (C=O) groups excluding carboxylic acids is 2. The van der Waals surface area contributed by atoms with E-state index in [1.54, 1.807) is 6.92 Å². The topological polar surface area (TPSA) is 105 Å². The van der Waals surface area contributed by atoms with E-state index in [4.69, 9.17) is 5.11 Å². The number of carboxylic acids is 1. The molecular weight excluding hydrogens is 216 g/mol. The fourth-order valence-corrected chi connectivity index (χ4v) is 1.39. The number of aliphatic carboxylic acids is 1. The predicted molar refractivity (Wildman–Crippen MR) is 52.1 cm³/mol. The van der Waals surface area contributed by atoms with Crippen LogP contribution in [-0.2, 0) is 19.2 Å². The van der Waals surface area contributed by atoms with Crippen molar-refractivity contribution < 1.29 is 24.3 Å². The second-order valence-electron chi connectivity index (χ2n) is 3.80. The van der Waals surface area contributed by atoms with Gasteiger partial charge in [0.25, 0.3) is 5.91 Å². The summed E-state index contributed by atoms with van der Waals surface area (Å²) in [4.78, 5) is 37.4. The number of amides is 2. The highest BCUT2D eigenvalue weighted by atomic mass is 16.7. The molecule has 0 aromatic heterocycles. The van der Waals surface area contributed by atoms with Crippen LogP contribution in [0.15, 0.2) is 0 Å². The highest BCUT2D eigenvalue weighted by molar-refractivity contribution is 5.88. The summed E-state index contributed by atoms with van der Waals surface area (Å²) in [5.41, 5.74) is 2.11. The molecule has 1 fully saturated rings. The quantitative estimate of drug-likeness (QED) is 0.564. The van der Waals surface area contributed by atoms with Crippen LogP contribution in [0.4, 0.5) is 0 Å². The molecule has 2 atom stereocenters. The Morgan fingerprint density at radius 1 is 1.62 bits per heavy atom. The molecule has 1 heterocycles. The van der Waals surface area contributed by atoms with Crippen molar-refractivity contribution in [1.29, 1.82) is 0 Å². The summed E-state index contributed by atoms with van der Waals surface area (Å²) in [6, 6.07) is -0.676. The van der Waals surface area contributed by atoms with E-state index >= 15 is 0 Å². The number of carbonyl (C=O) groups is 3. The molecule has 0 aromatic rings. The first-order valence-electron chi connectivity index (χ1n) is 4.92. The zero-order chi connectivity index (χ0) is 12.1. The molecule has 7 heteroatoms. The second kappa shape index (κ2) is 5.45. The fraction of sp³-hybridized carbons (Fsp3) is 0.667. The van der Waals surface area contributed by atoms with Crippen LogP contribution in [-0.4, -0.2) is 35.5 Å². The second-order valence-corrected chi connectivity index (χ2v) is 3.80. The first-order chi connectivity index (χ1) is 7.49. The maximum atomic E-state index is 11.4. The molecule has 0 aromatic carbocycles. The minimum absolute atomic E-state index is 0.0687. The maximum absolute atomic E-state index is 11.4. The molecule has 0 radical (unpaired) electrons. The van der Waals surface area contributed by atoms with Gasteiger partial charge in [-0.25, -0.2) is 5.48 Å². The molecular formula is C9H14N2O5. The minimum atomic E-state index is -0.942. The third-order valence-electron chi connectivity index (χ3n) is 2.13. The Bertz CT molecular complexity index is 304. The van der Waals surface area contributed by atoms with Gasteiger partial charge in [0.1, 0.15) is 12.6 Å². The van der Waals surface area contributed by atoms with Crippen molar-refractivity contribution in [2.75, 3.05) is 6.61 Å². The van der Waals surface area contributed by atoms with Gasteiger partial charge >= 0.3 is 5.97 Å². The van der Waals surface area contributed by atoms with Gasteiger partial charge in [0.2, 0.25) is 5.91 Å². The molecule has 2 amide bonds. The molecule has 7 nitrogen and oxygen atoms in total. The van der Waals surface area contributed by atoms with Crippen LogP contribution in [0.3, 0.4) is 0 Å². The highest BCUT2D eigenvalue weighted by Crippen LogP contribution is 2.07. The summed E-state index contributed by atoms with van der Waals surface area (Å²) in [5.74, 6) is -1.94. The highest BCUT2D eigenvalue weighted by Gasteiger charge is 2.27. The number of nitrogens with one attached hydrogen (secondary N) is 2. The summed E-state index contributed by atoms with van der Waals surface area (Å²) in [6.45, 7) is 1.76. The van der Waals surface area contributed by atoms with Crippen LogP contribution in [0.1, 0.15) is 19.8 Å². The molecule has 0 spiro atoms. The molecule has 0 saturated carbocycles. The predicted octanol–water partition coefficient (Wildman–Crippen LogP) is -0.966. The van der Waals surface area contributed by atoms with E-state index in [0.29, 0.717) is 0 Å². The van der Waals surface area contributed by atoms with Crippen LogP contribution < -0.4 is 10.8 Å². The third-order valence-corrected chi connectivity index (χ3v) is 2.13. The Hall–Kier alpha value is -1.63. The van der Waals surface area contributed by atoms with E-state index in [-0.39, 0.29) is 37.2 Å². The van der Waals surface area contributed by atoms with E-state index in [9.17, 15) is 14.4 Å². The SMILES string of the molecule is CC(CC(=O)O)CC(=O)N[C@@H]1CONC1=O. The van der Waals surface area contributed by atoms with Crippen LogP contribution in [0.5, 0.6) is 0 Å². The van der Waals surface area contributed by atoms with Crippen LogP contribution in [0.2, 0.25) is 0 Å². The standard InChI is InChI=1S/C9H14N2O5/c1-5(3-8(13)14)2-7(12)10-6-4-16-11-9(6)15/h5-6H,2-4H2,1H3,(H,10,12)(H,11,15)(H,13,14)/t5?,6-/m1/s1. The van der Waals surface area contributed by atoms with Crippen molar-refractivity contribution in [2.24, 2.45) is 5.92 Å². The lowest BCUT2D eigenvalue weighted by atomic mass is 10.0. The summed E-state index contributed by atoms with van der Waals surface area (Å²) in [7, 11) is 0. The molecule has 1 aliphatic heterocycles. The Morgan fingerprint density at radius 2 is 2.31 bits per heavy atom. The first-order valence-corrected chi connectivity index (χ1v) is 4.92. The monoisotopic (exact) mass is 230 g/mol. The maximum Gasteiger partial charge on any atom is 0.303 e. The Balaban J connectivity index is 2.30. The lowest BCUT2D eigenvalue weighted by molar-refractivity contribution is -0.138. The Morgan fingerprint density at radius 3 is 2.81 bits per heavy atom. The largest absolute Gasteiger partial charge is 0.481 e. The summed E-state index contributed by atoms with van der Waals surface area (Å²) < 4.78 is 0. The van der Waals surface area contributed by atoms with E-state index in [0.717, 1.165) is 0 Å². The number of hydrogen-bond donors (Lipinski definition) is 3. The minimum Gasteiger partial charge on any atom is -0.481 e. The molecule has 90 valence electrons. The molecule has 16 heavy (non-hydrogen) atoms. The number of hydroxylamine groups is 1. The van der Waals surface area contributed by atoms with Gasteiger partial charge in [-0.1, -0.05) is 6.92 Å². The first kappa shape index (κ1) is 12.4. The van der Waals surface area contributed by atoms with Crippen LogP contribution >= 0.6 is 0 Å². The molecule has 1 aliphatic rings. The van der Waals surface area contributed by atoms with Crippen molar-refractivity contribution in [3.63, 3.8) is 0 Å². The number of hydrogen-bond acceptors (Lipinski definition) is 4. The number of rotatable bonds is 5. The molecule has 1 unspecified atom stereocenters. The average Bonchev–Trinajstić information content (AvgIpc) is 2.49. The molecule has 1 rings (SSSR count). The van der Waals surface area contributed by atoms with Gasteiger partial charge in [-0.05, 0) is 5.92 Å². The van der Waals surface area contributed by atoms with Crippen molar-refractivity contribution in [3.05, 3.63) is 0 Å². The zero-order valence-corrected chi connectivity index (χ0v) is 8.86. The average molecular weight is 230 g/mol. The summed E-state index contributed by atoms with van der Waals surface area (Å²) in [5, 5.41) is 11.0. The van der Waals surface area contributed by atoms with Crippen LogP contribution in [0, 0.1) is 5.92 Å². The van der Waals surface area contributed by atoms with E-state index in [2.05, 4.69) is 15.6 Å². The van der Waals surface area contributed by atoms with Crippen LogP contribution in [0.25, 0.3) is 0 Å². The van der Waals surface area contributed by atoms with E-state index in [1.807, 2.05) is 0 Å². The lowest BCUT2D eigenvalue weighted by Gasteiger charge is -2.11. The van der Waals surface area contributed by atoms with Crippen molar-refractivity contribution >= 4 is 17.8 Å². The van der Waals surface area contributed by atoms with Crippen molar-refractivity contribution in [1.82, 2.24) is 10.8 Å². The number of carboxylic acid groups (broad SMARTS) is 1. The van der Waals surface area contributed by atoms with E-state index in [1.165, 1.54) is 0 Å². The molecule has 0 bridgehead atoms. The fourth-order valence-electron chi connectivity index (χ4n) is 1.39. The summed E-state index contributed by atoms with van der Waals surface area (Å²) in [6.07, 6.45) is 0.0108. The Labute approximate surface area is 92.1 Å². The van der Waals surface area contributed by atoms with Gasteiger partial charge < -0.3 is 10.4 Å². The Kier molecular flexibility index (Phi) is 4.24. The van der Waals surface area contributed by atoms with Gasteiger partial charge in [0.15, 0.2) is 0 Å². The molecule has 0 aliphatic carbocycles. The van der Waals surface area contributed by atoms with Crippen molar-refractivity contribution in [2.45, 2.75) is 25.8 Å². The lowest BCUT2D eigenvalue weighted by Crippen LogP contribution is -2.42.